The first-order valence-corrected chi connectivity index (χ1v) is 8.38. The Labute approximate surface area is 143 Å². The van der Waals surface area contributed by atoms with Crippen molar-refractivity contribution in [1.82, 2.24) is 14.7 Å². The molecule has 0 unspecified atom stereocenters. The normalized spacial score (nSPS) is 25.9. The monoisotopic (exact) mass is 331 g/mol. The van der Waals surface area contributed by atoms with Crippen LogP contribution in [0.15, 0.2) is 24.3 Å². The van der Waals surface area contributed by atoms with E-state index in [0.717, 1.165) is 24.2 Å². The molecule has 2 aliphatic rings. The first-order valence-electron chi connectivity index (χ1n) is 8.38. The third-order valence-corrected chi connectivity index (χ3v) is 4.96. The molecule has 130 valence electrons. The summed E-state index contributed by atoms with van der Waals surface area (Å²) in [6.07, 6.45) is -0.640. The van der Waals surface area contributed by atoms with Crippen molar-refractivity contribution in [2.24, 2.45) is 0 Å². The fourth-order valence-corrected chi connectivity index (χ4v) is 3.29. The predicted molar refractivity (Wildman–Crippen MR) is 90.5 cm³/mol. The van der Waals surface area contributed by atoms with Gasteiger partial charge in [0.15, 0.2) is 6.10 Å². The predicted octanol–water partition coefficient (Wildman–Crippen LogP) is 0.667. The van der Waals surface area contributed by atoms with E-state index in [1.807, 2.05) is 36.1 Å². The smallest absolute Gasteiger partial charge is 0.254 e. The van der Waals surface area contributed by atoms with E-state index in [1.165, 1.54) is 0 Å². The zero-order valence-corrected chi connectivity index (χ0v) is 14.6. The van der Waals surface area contributed by atoms with Gasteiger partial charge in [0.1, 0.15) is 6.61 Å². The molecule has 0 spiro atoms. The van der Waals surface area contributed by atoms with Gasteiger partial charge in [-0.25, -0.2) is 0 Å². The Balaban J connectivity index is 1.84. The van der Waals surface area contributed by atoms with E-state index in [2.05, 4.69) is 11.9 Å². The number of morpholine rings is 1. The van der Waals surface area contributed by atoms with E-state index in [1.54, 1.807) is 11.9 Å². The Morgan fingerprint density at radius 1 is 1.08 bits per heavy atom. The molecule has 0 radical (unpaired) electrons. The van der Waals surface area contributed by atoms with Crippen molar-refractivity contribution in [3.63, 3.8) is 0 Å². The molecule has 0 bridgehead atoms. The topological polar surface area (TPSA) is 53.1 Å². The molecule has 1 aromatic rings. The van der Waals surface area contributed by atoms with Crippen molar-refractivity contribution in [3.05, 3.63) is 35.4 Å². The number of carbonyl (C=O) groups excluding carboxylic acids is 2. The van der Waals surface area contributed by atoms with Crippen LogP contribution >= 0.6 is 0 Å². The number of benzene rings is 1. The molecule has 6 nitrogen and oxygen atoms in total. The molecule has 24 heavy (non-hydrogen) atoms. The highest BCUT2D eigenvalue weighted by atomic mass is 16.5. The van der Waals surface area contributed by atoms with Gasteiger partial charge in [-0.2, -0.15) is 0 Å². The SMILES string of the molecule is Cc1ccc([C@@H]2[C@H](C(=O)N3CCN(C)CC3)OCC(=O)N2C)cc1. The largest absolute Gasteiger partial charge is 0.356 e. The van der Waals surface area contributed by atoms with Crippen molar-refractivity contribution in [2.75, 3.05) is 46.9 Å². The van der Waals surface area contributed by atoms with Gasteiger partial charge in [-0.05, 0) is 19.5 Å². The van der Waals surface area contributed by atoms with Crippen molar-refractivity contribution in [2.45, 2.75) is 19.1 Å². The summed E-state index contributed by atoms with van der Waals surface area (Å²) in [4.78, 5) is 30.8. The summed E-state index contributed by atoms with van der Waals surface area (Å²) >= 11 is 0. The van der Waals surface area contributed by atoms with Crippen molar-refractivity contribution < 1.29 is 14.3 Å². The van der Waals surface area contributed by atoms with Crippen LogP contribution in [0.4, 0.5) is 0 Å². The van der Waals surface area contributed by atoms with Crippen molar-refractivity contribution in [3.8, 4) is 0 Å². The van der Waals surface area contributed by atoms with Crippen LogP contribution in [0.1, 0.15) is 17.2 Å². The molecule has 3 rings (SSSR count). The average Bonchev–Trinajstić information content (AvgIpc) is 2.58. The van der Waals surface area contributed by atoms with Gasteiger partial charge >= 0.3 is 0 Å². The molecule has 6 heteroatoms. The fraction of sp³-hybridized carbons (Fsp3) is 0.556. The molecular formula is C18H25N3O3. The fourth-order valence-electron chi connectivity index (χ4n) is 3.29. The van der Waals surface area contributed by atoms with E-state index >= 15 is 0 Å². The van der Waals surface area contributed by atoms with Crippen LogP contribution in [0.3, 0.4) is 0 Å². The third kappa shape index (κ3) is 3.30. The van der Waals surface area contributed by atoms with Crippen LogP contribution in [0.2, 0.25) is 0 Å². The third-order valence-electron chi connectivity index (χ3n) is 4.96. The molecule has 0 saturated carbocycles. The molecule has 1 aromatic carbocycles. The second-order valence-electron chi connectivity index (χ2n) is 6.72. The maximum atomic E-state index is 13.0. The van der Waals surface area contributed by atoms with Crippen molar-refractivity contribution in [1.29, 1.82) is 0 Å². The second-order valence-corrected chi connectivity index (χ2v) is 6.72. The average molecular weight is 331 g/mol. The lowest BCUT2D eigenvalue weighted by atomic mass is 9.96. The summed E-state index contributed by atoms with van der Waals surface area (Å²) in [6, 6.07) is 7.57. The highest BCUT2D eigenvalue weighted by molar-refractivity contribution is 5.86. The minimum atomic E-state index is -0.640. The number of hydrogen-bond acceptors (Lipinski definition) is 4. The molecule has 0 aliphatic carbocycles. The van der Waals surface area contributed by atoms with Gasteiger partial charge in [-0.1, -0.05) is 29.8 Å². The Bertz CT molecular complexity index is 608. The Morgan fingerprint density at radius 3 is 2.33 bits per heavy atom. The number of rotatable bonds is 2. The van der Waals surface area contributed by atoms with E-state index in [9.17, 15) is 9.59 Å². The molecule has 2 aliphatic heterocycles. The van der Waals surface area contributed by atoms with Crippen molar-refractivity contribution >= 4 is 11.8 Å². The van der Waals surface area contributed by atoms with Crippen LogP contribution in [-0.2, 0) is 14.3 Å². The molecule has 2 heterocycles. The molecule has 2 fully saturated rings. The lowest BCUT2D eigenvalue weighted by Crippen LogP contribution is -2.56. The molecule has 0 aromatic heterocycles. The first kappa shape index (κ1) is 16.9. The van der Waals surface area contributed by atoms with Crippen LogP contribution in [-0.4, -0.2) is 79.5 Å². The summed E-state index contributed by atoms with van der Waals surface area (Å²) in [7, 11) is 3.81. The molecule has 2 amide bonds. The van der Waals surface area contributed by atoms with Gasteiger partial charge in [0.05, 0.1) is 6.04 Å². The first-order chi connectivity index (χ1) is 11.5. The second kappa shape index (κ2) is 6.91. The minimum Gasteiger partial charge on any atom is -0.356 e. The van der Waals surface area contributed by atoms with Crippen LogP contribution in [0.25, 0.3) is 0 Å². The van der Waals surface area contributed by atoms with Gasteiger partial charge in [-0.3, -0.25) is 9.59 Å². The summed E-state index contributed by atoms with van der Waals surface area (Å²) < 4.78 is 5.70. The number of aryl methyl sites for hydroxylation is 1. The zero-order valence-electron chi connectivity index (χ0n) is 14.6. The van der Waals surface area contributed by atoms with Gasteiger partial charge in [0.25, 0.3) is 5.91 Å². The van der Waals surface area contributed by atoms with E-state index in [-0.39, 0.29) is 24.5 Å². The lowest BCUT2D eigenvalue weighted by Gasteiger charge is -2.41. The number of nitrogens with zero attached hydrogens (tertiary/aromatic N) is 3. The number of likely N-dealkylation sites (N-methyl/N-ethyl adjacent to an activating group) is 2. The number of hydrogen-bond donors (Lipinski definition) is 0. The number of ether oxygens (including phenoxy) is 1. The number of piperazine rings is 1. The Kier molecular flexibility index (Phi) is 4.87. The van der Waals surface area contributed by atoms with E-state index in [4.69, 9.17) is 4.74 Å². The quantitative estimate of drug-likeness (QED) is 0.799. The van der Waals surface area contributed by atoms with Crippen LogP contribution < -0.4 is 0 Å². The summed E-state index contributed by atoms with van der Waals surface area (Å²) in [5.41, 5.74) is 2.08. The standard InChI is InChI=1S/C18H25N3O3/c1-13-4-6-14(7-5-13)16-17(24-12-15(22)20(16)3)18(23)21-10-8-19(2)9-11-21/h4-7,16-17H,8-12H2,1-3H3/t16-,17-/m1/s1. The van der Waals surface area contributed by atoms with Gasteiger partial charge in [0, 0.05) is 33.2 Å². The van der Waals surface area contributed by atoms with E-state index in [0.29, 0.717) is 13.1 Å². The summed E-state index contributed by atoms with van der Waals surface area (Å²) in [6.45, 7) is 5.11. The summed E-state index contributed by atoms with van der Waals surface area (Å²) in [5.74, 6) is -0.115. The minimum absolute atomic E-state index is 0.0203. The Morgan fingerprint density at radius 2 is 1.71 bits per heavy atom. The van der Waals surface area contributed by atoms with Gasteiger partial charge in [-0.15, -0.1) is 0 Å². The molecule has 2 atom stereocenters. The molecule has 0 N–H and O–H groups in total. The Hall–Kier alpha value is -1.92. The summed E-state index contributed by atoms with van der Waals surface area (Å²) in [5, 5.41) is 0. The van der Waals surface area contributed by atoms with Gasteiger partial charge in [0.2, 0.25) is 5.91 Å². The van der Waals surface area contributed by atoms with E-state index < -0.39 is 6.10 Å². The maximum Gasteiger partial charge on any atom is 0.254 e. The van der Waals surface area contributed by atoms with Gasteiger partial charge < -0.3 is 19.4 Å². The lowest BCUT2D eigenvalue weighted by molar-refractivity contribution is -0.168. The molecule has 2 saturated heterocycles. The molecular weight excluding hydrogens is 306 g/mol. The van der Waals surface area contributed by atoms with Crippen LogP contribution in [0, 0.1) is 6.92 Å². The highest BCUT2D eigenvalue weighted by Gasteiger charge is 2.42. The maximum absolute atomic E-state index is 13.0. The highest BCUT2D eigenvalue weighted by Crippen LogP contribution is 2.30. The van der Waals surface area contributed by atoms with Crippen LogP contribution in [0.5, 0.6) is 0 Å². The number of carbonyl (C=O) groups is 2. The number of amides is 2. The zero-order chi connectivity index (χ0) is 17.3.